The second kappa shape index (κ2) is 5.87. The lowest BCUT2D eigenvalue weighted by molar-refractivity contribution is 0.0712. The SMILES string of the molecule is C/C=C(/C)OC(=O)N1CC(Cc2ccc(C)nc2)C1. The number of carbonyl (C=O) groups excluding carboxylic acids is 1. The van der Waals surface area contributed by atoms with E-state index in [1.54, 1.807) is 17.9 Å². The molecule has 4 nitrogen and oxygen atoms in total. The van der Waals surface area contributed by atoms with Gasteiger partial charge in [-0.3, -0.25) is 4.98 Å². The Balaban J connectivity index is 1.77. The highest BCUT2D eigenvalue weighted by Crippen LogP contribution is 2.21. The number of aryl methyl sites for hydroxylation is 1. The minimum Gasteiger partial charge on any atom is -0.415 e. The molecule has 2 rings (SSSR count). The molecule has 0 atom stereocenters. The number of rotatable bonds is 3. The molecule has 1 aliphatic rings. The Kier molecular flexibility index (Phi) is 4.20. The summed E-state index contributed by atoms with van der Waals surface area (Å²) < 4.78 is 5.15. The molecule has 0 N–H and O–H groups in total. The van der Waals surface area contributed by atoms with Gasteiger partial charge in [-0.25, -0.2) is 4.79 Å². The maximum absolute atomic E-state index is 11.7. The Bertz CT molecular complexity index is 473. The Morgan fingerprint density at radius 1 is 1.53 bits per heavy atom. The number of pyridine rings is 1. The molecule has 1 aliphatic heterocycles. The molecule has 1 saturated heterocycles. The molecule has 0 aliphatic carbocycles. The molecule has 19 heavy (non-hydrogen) atoms. The average Bonchev–Trinajstić information content (AvgIpc) is 2.35. The molecule has 4 heteroatoms. The Morgan fingerprint density at radius 2 is 2.26 bits per heavy atom. The normalized spacial score (nSPS) is 16.2. The van der Waals surface area contributed by atoms with Gasteiger partial charge in [-0.05, 0) is 50.8 Å². The first-order chi connectivity index (χ1) is 9.08. The van der Waals surface area contributed by atoms with Crippen LogP contribution in [0.2, 0.25) is 0 Å². The van der Waals surface area contributed by atoms with Crippen molar-refractivity contribution in [1.29, 1.82) is 0 Å². The molecule has 102 valence electrons. The summed E-state index contributed by atoms with van der Waals surface area (Å²) in [6.07, 6.45) is 4.43. The molecule has 0 unspecified atom stereocenters. The van der Waals surface area contributed by atoms with E-state index >= 15 is 0 Å². The van der Waals surface area contributed by atoms with Crippen molar-refractivity contribution in [2.24, 2.45) is 5.92 Å². The lowest BCUT2D eigenvalue weighted by Crippen LogP contribution is -2.50. The number of likely N-dealkylation sites (tertiary alicyclic amines) is 1. The summed E-state index contributed by atoms with van der Waals surface area (Å²) in [5.41, 5.74) is 2.26. The van der Waals surface area contributed by atoms with Gasteiger partial charge >= 0.3 is 6.09 Å². The van der Waals surface area contributed by atoms with E-state index < -0.39 is 0 Å². The minimum absolute atomic E-state index is 0.242. The number of ether oxygens (including phenoxy) is 1. The highest BCUT2D eigenvalue weighted by Gasteiger charge is 2.31. The number of aromatic nitrogens is 1. The number of nitrogens with zero attached hydrogens (tertiary/aromatic N) is 2. The van der Waals surface area contributed by atoms with Gasteiger partial charge in [0.2, 0.25) is 0 Å². The first-order valence-corrected chi connectivity index (χ1v) is 6.59. The van der Waals surface area contributed by atoms with E-state index in [9.17, 15) is 4.79 Å². The van der Waals surface area contributed by atoms with Crippen LogP contribution in [0.3, 0.4) is 0 Å². The fourth-order valence-electron chi connectivity index (χ4n) is 2.06. The molecule has 0 bridgehead atoms. The lowest BCUT2D eigenvalue weighted by atomic mass is 9.93. The van der Waals surface area contributed by atoms with E-state index in [1.165, 1.54) is 5.56 Å². The summed E-state index contributed by atoms with van der Waals surface area (Å²) in [6, 6.07) is 4.13. The zero-order chi connectivity index (χ0) is 13.8. The highest BCUT2D eigenvalue weighted by molar-refractivity contribution is 5.69. The number of allylic oxidation sites excluding steroid dienone is 2. The van der Waals surface area contributed by atoms with E-state index in [-0.39, 0.29) is 6.09 Å². The van der Waals surface area contributed by atoms with Crippen molar-refractivity contribution in [1.82, 2.24) is 9.88 Å². The van der Waals surface area contributed by atoms with Gasteiger partial charge in [-0.15, -0.1) is 0 Å². The van der Waals surface area contributed by atoms with E-state index in [0.29, 0.717) is 11.7 Å². The monoisotopic (exact) mass is 260 g/mol. The van der Waals surface area contributed by atoms with Gasteiger partial charge in [-0.2, -0.15) is 0 Å². The molecule has 0 spiro atoms. The van der Waals surface area contributed by atoms with Gasteiger partial charge in [0.15, 0.2) is 0 Å². The Hall–Kier alpha value is -1.84. The maximum atomic E-state index is 11.7. The van der Waals surface area contributed by atoms with E-state index in [2.05, 4.69) is 11.1 Å². The van der Waals surface area contributed by atoms with Gasteiger partial charge in [0, 0.05) is 25.0 Å². The third kappa shape index (κ3) is 3.56. The molecule has 1 aromatic rings. The molecular formula is C15H20N2O2. The molecule has 0 radical (unpaired) electrons. The fraction of sp³-hybridized carbons (Fsp3) is 0.467. The van der Waals surface area contributed by atoms with Crippen LogP contribution in [0.15, 0.2) is 30.2 Å². The standard InChI is InChI=1S/C15H20N2O2/c1-4-12(3)19-15(18)17-9-14(10-17)7-13-6-5-11(2)16-8-13/h4-6,8,14H,7,9-10H2,1-3H3/b12-4-. The second-order valence-electron chi connectivity index (χ2n) is 5.05. The fourth-order valence-corrected chi connectivity index (χ4v) is 2.06. The van der Waals surface area contributed by atoms with Crippen molar-refractivity contribution in [3.63, 3.8) is 0 Å². The van der Waals surface area contributed by atoms with Gasteiger partial charge in [0.25, 0.3) is 0 Å². The van der Waals surface area contributed by atoms with Crippen LogP contribution in [-0.4, -0.2) is 29.1 Å². The Morgan fingerprint density at radius 3 is 2.84 bits per heavy atom. The second-order valence-corrected chi connectivity index (χ2v) is 5.05. The van der Waals surface area contributed by atoms with Crippen LogP contribution in [0.4, 0.5) is 4.79 Å². The van der Waals surface area contributed by atoms with Crippen LogP contribution < -0.4 is 0 Å². The molecule has 1 fully saturated rings. The largest absolute Gasteiger partial charge is 0.415 e. The Labute approximate surface area is 114 Å². The van der Waals surface area contributed by atoms with Crippen LogP contribution in [0.5, 0.6) is 0 Å². The van der Waals surface area contributed by atoms with Gasteiger partial charge < -0.3 is 9.64 Å². The van der Waals surface area contributed by atoms with Gasteiger partial charge in [0.05, 0.1) is 0 Å². The molecule has 0 aromatic carbocycles. The number of hydrogen-bond acceptors (Lipinski definition) is 3. The third-order valence-electron chi connectivity index (χ3n) is 3.37. The first kappa shape index (κ1) is 13.6. The van der Waals surface area contributed by atoms with Gasteiger partial charge in [0.1, 0.15) is 5.76 Å². The van der Waals surface area contributed by atoms with E-state index in [0.717, 1.165) is 25.2 Å². The first-order valence-electron chi connectivity index (χ1n) is 6.59. The summed E-state index contributed by atoms with van der Waals surface area (Å²) in [6.45, 7) is 7.15. The predicted octanol–water partition coefficient (Wildman–Crippen LogP) is 2.92. The average molecular weight is 260 g/mol. The third-order valence-corrected chi connectivity index (χ3v) is 3.37. The van der Waals surface area contributed by atoms with Crippen LogP contribution in [0.1, 0.15) is 25.1 Å². The van der Waals surface area contributed by atoms with Crippen LogP contribution in [0.25, 0.3) is 0 Å². The number of hydrogen-bond donors (Lipinski definition) is 0. The summed E-state index contributed by atoms with van der Waals surface area (Å²) in [4.78, 5) is 17.7. The zero-order valence-electron chi connectivity index (χ0n) is 11.7. The molecule has 1 amide bonds. The smallest absolute Gasteiger partial charge is 0.414 e. The quantitative estimate of drug-likeness (QED) is 0.785. The van der Waals surface area contributed by atoms with Crippen LogP contribution >= 0.6 is 0 Å². The molecule has 1 aromatic heterocycles. The maximum Gasteiger partial charge on any atom is 0.414 e. The predicted molar refractivity (Wildman–Crippen MR) is 73.7 cm³/mol. The lowest BCUT2D eigenvalue weighted by Gasteiger charge is -2.38. The highest BCUT2D eigenvalue weighted by atomic mass is 16.6. The summed E-state index contributed by atoms with van der Waals surface area (Å²) in [7, 11) is 0. The molecular weight excluding hydrogens is 240 g/mol. The molecule has 2 heterocycles. The van der Waals surface area contributed by atoms with Crippen molar-refractivity contribution in [2.75, 3.05) is 13.1 Å². The summed E-state index contributed by atoms with van der Waals surface area (Å²) >= 11 is 0. The van der Waals surface area contributed by atoms with E-state index in [4.69, 9.17) is 4.74 Å². The summed E-state index contributed by atoms with van der Waals surface area (Å²) in [5, 5.41) is 0. The van der Waals surface area contributed by atoms with Crippen LogP contribution in [-0.2, 0) is 11.2 Å². The number of amides is 1. The van der Waals surface area contributed by atoms with Crippen LogP contribution in [0, 0.1) is 12.8 Å². The topological polar surface area (TPSA) is 42.4 Å². The van der Waals surface area contributed by atoms with E-state index in [1.807, 2.05) is 26.1 Å². The van der Waals surface area contributed by atoms with Crippen molar-refractivity contribution in [3.8, 4) is 0 Å². The van der Waals surface area contributed by atoms with Crippen molar-refractivity contribution in [2.45, 2.75) is 27.2 Å². The van der Waals surface area contributed by atoms with Crippen molar-refractivity contribution in [3.05, 3.63) is 41.4 Å². The van der Waals surface area contributed by atoms with Gasteiger partial charge in [-0.1, -0.05) is 6.07 Å². The van der Waals surface area contributed by atoms with Crippen molar-refractivity contribution >= 4 is 6.09 Å². The van der Waals surface area contributed by atoms with Crippen molar-refractivity contribution < 1.29 is 9.53 Å². The number of carbonyl (C=O) groups is 1. The minimum atomic E-state index is -0.242. The molecule has 0 saturated carbocycles. The summed E-state index contributed by atoms with van der Waals surface area (Å²) in [5.74, 6) is 1.17. The zero-order valence-corrected chi connectivity index (χ0v) is 11.7.